The minimum Gasteiger partial charge on any atom is -0.397 e. The number of rotatable bonds is 1. The zero-order valence-corrected chi connectivity index (χ0v) is 11.5. The molecule has 0 bridgehead atoms. The van der Waals surface area contributed by atoms with Gasteiger partial charge in [0.1, 0.15) is 0 Å². The van der Waals surface area contributed by atoms with Crippen LogP contribution in [0.1, 0.15) is 5.56 Å². The first-order chi connectivity index (χ1) is 8.15. The summed E-state index contributed by atoms with van der Waals surface area (Å²) in [5.74, 6) is 0.841. The fourth-order valence-corrected chi connectivity index (χ4v) is 3.01. The van der Waals surface area contributed by atoms with Gasteiger partial charge in [-0.2, -0.15) is 0 Å². The molecule has 3 rings (SSSR count). The number of halogens is 1. The SMILES string of the molecule is Cc1csc(-c2nc3ccc(Br)cc3[nH]2)c1N. The number of anilines is 1. The van der Waals surface area contributed by atoms with Gasteiger partial charge in [-0.25, -0.2) is 4.98 Å². The van der Waals surface area contributed by atoms with Gasteiger partial charge in [0.05, 0.1) is 21.6 Å². The largest absolute Gasteiger partial charge is 0.397 e. The first-order valence-corrected chi connectivity index (χ1v) is 6.81. The molecule has 0 radical (unpaired) electrons. The Kier molecular flexibility index (Phi) is 2.45. The summed E-state index contributed by atoms with van der Waals surface area (Å²) in [6, 6.07) is 5.98. The topological polar surface area (TPSA) is 54.7 Å². The second-order valence-electron chi connectivity index (χ2n) is 3.91. The molecule has 0 saturated heterocycles. The number of fused-ring (bicyclic) bond motifs is 1. The van der Waals surface area contributed by atoms with Gasteiger partial charge in [-0.05, 0) is 36.1 Å². The molecule has 2 heterocycles. The Hall–Kier alpha value is -1.33. The minimum absolute atomic E-state index is 0.813. The molecule has 3 nitrogen and oxygen atoms in total. The molecular weight excluding hydrogens is 298 g/mol. The molecule has 5 heteroatoms. The predicted octanol–water partition coefficient (Wildman–Crippen LogP) is 3.94. The molecule has 0 saturated carbocycles. The molecule has 1 aromatic carbocycles. The van der Waals surface area contributed by atoms with Crippen molar-refractivity contribution in [3.05, 3.63) is 33.6 Å². The maximum Gasteiger partial charge on any atom is 0.150 e. The number of nitrogens with zero attached hydrogens (tertiary/aromatic N) is 1. The highest BCUT2D eigenvalue weighted by Gasteiger charge is 2.11. The number of nitrogens with two attached hydrogens (primary N) is 1. The third kappa shape index (κ3) is 1.75. The van der Waals surface area contributed by atoms with Crippen LogP contribution in [0.2, 0.25) is 0 Å². The lowest BCUT2D eigenvalue weighted by Gasteiger charge is -1.94. The molecule has 86 valence electrons. The van der Waals surface area contributed by atoms with Crippen LogP contribution < -0.4 is 5.73 Å². The van der Waals surface area contributed by atoms with Gasteiger partial charge in [0, 0.05) is 4.47 Å². The number of aryl methyl sites for hydroxylation is 1. The molecule has 0 aliphatic rings. The molecule has 17 heavy (non-hydrogen) atoms. The van der Waals surface area contributed by atoms with Crippen LogP contribution in [-0.2, 0) is 0 Å². The quantitative estimate of drug-likeness (QED) is 0.715. The third-order valence-corrected chi connectivity index (χ3v) is 4.30. The number of thiophene rings is 1. The zero-order valence-electron chi connectivity index (χ0n) is 9.12. The molecule has 0 amide bonds. The van der Waals surface area contributed by atoms with Crippen molar-refractivity contribution in [2.45, 2.75) is 6.92 Å². The van der Waals surface area contributed by atoms with E-state index in [1.54, 1.807) is 11.3 Å². The molecule has 3 N–H and O–H groups in total. The second-order valence-corrected chi connectivity index (χ2v) is 5.70. The van der Waals surface area contributed by atoms with Crippen LogP contribution in [0.25, 0.3) is 21.7 Å². The summed E-state index contributed by atoms with van der Waals surface area (Å²) in [7, 11) is 0. The number of aromatic nitrogens is 2. The normalized spacial score (nSPS) is 11.2. The van der Waals surface area contributed by atoms with Crippen LogP contribution >= 0.6 is 27.3 Å². The van der Waals surface area contributed by atoms with Gasteiger partial charge in [-0.1, -0.05) is 15.9 Å². The van der Waals surface area contributed by atoms with Crippen LogP contribution in [0, 0.1) is 6.92 Å². The summed E-state index contributed by atoms with van der Waals surface area (Å²) in [5.41, 5.74) is 9.91. The van der Waals surface area contributed by atoms with E-state index in [1.165, 1.54) is 0 Å². The van der Waals surface area contributed by atoms with Crippen LogP contribution in [0.4, 0.5) is 5.69 Å². The standard InChI is InChI=1S/C12H10BrN3S/c1-6-5-17-11(10(6)14)12-15-8-3-2-7(13)4-9(8)16-12/h2-5H,14H2,1H3,(H,15,16). The number of hydrogen-bond donors (Lipinski definition) is 2. The van der Waals surface area contributed by atoms with E-state index in [-0.39, 0.29) is 0 Å². The van der Waals surface area contributed by atoms with Gasteiger partial charge in [0.2, 0.25) is 0 Å². The highest BCUT2D eigenvalue weighted by atomic mass is 79.9. The lowest BCUT2D eigenvalue weighted by molar-refractivity contribution is 1.35. The van der Waals surface area contributed by atoms with Crippen LogP contribution in [0.15, 0.2) is 28.1 Å². The molecule has 2 aromatic heterocycles. The first-order valence-electron chi connectivity index (χ1n) is 5.14. The number of hydrogen-bond acceptors (Lipinski definition) is 3. The Balaban J connectivity index is 2.21. The summed E-state index contributed by atoms with van der Waals surface area (Å²) in [4.78, 5) is 8.86. The van der Waals surface area contributed by atoms with Crippen molar-refractivity contribution in [3.63, 3.8) is 0 Å². The third-order valence-electron chi connectivity index (χ3n) is 2.68. The summed E-state index contributed by atoms with van der Waals surface area (Å²) in [6.45, 7) is 2.01. The molecule has 0 fully saturated rings. The van der Waals surface area contributed by atoms with Gasteiger partial charge >= 0.3 is 0 Å². The predicted molar refractivity (Wildman–Crippen MR) is 76.3 cm³/mol. The van der Waals surface area contributed by atoms with E-state index < -0.39 is 0 Å². The highest BCUT2D eigenvalue weighted by molar-refractivity contribution is 9.10. The van der Waals surface area contributed by atoms with Crippen molar-refractivity contribution in [3.8, 4) is 10.7 Å². The van der Waals surface area contributed by atoms with E-state index >= 15 is 0 Å². The Bertz CT molecular complexity index is 699. The molecule has 0 unspecified atom stereocenters. The van der Waals surface area contributed by atoms with Crippen molar-refractivity contribution in [2.24, 2.45) is 0 Å². The average molecular weight is 308 g/mol. The van der Waals surface area contributed by atoms with Gasteiger partial charge in [-0.3, -0.25) is 0 Å². The summed E-state index contributed by atoms with van der Waals surface area (Å²) < 4.78 is 1.04. The van der Waals surface area contributed by atoms with Crippen molar-refractivity contribution < 1.29 is 0 Å². The Morgan fingerprint density at radius 1 is 1.41 bits per heavy atom. The van der Waals surface area contributed by atoms with E-state index in [4.69, 9.17) is 5.73 Å². The minimum atomic E-state index is 0.813. The number of imidazole rings is 1. The first kappa shape index (κ1) is 10.8. The lowest BCUT2D eigenvalue weighted by Crippen LogP contribution is -1.87. The maximum absolute atomic E-state index is 6.03. The maximum atomic E-state index is 6.03. The number of aromatic amines is 1. The summed E-state index contributed by atoms with van der Waals surface area (Å²) >= 11 is 5.06. The molecule has 0 aliphatic carbocycles. The van der Waals surface area contributed by atoms with Crippen molar-refractivity contribution in [2.75, 3.05) is 5.73 Å². The fraction of sp³-hybridized carbons (Fsp3) is 0.0833. The van der Waals surface area contributed by atoms with E-state index in [0.29, 0.717) is 0 Å². The molecule has 3 aromatic rings. The zero-order chi connectivity index (χ0) is 12.0. The van der Waals surface area contributed by atoms with Crippen LogP contribution in [0.5, 0.6) is 0 Å². The lowest BCUT2D eigenvalue weighted by atomic mass is 10.3. The Morgan fingerprint density at radius 2 is 2.24 bits per heavy atom. The van der Waals surface area contributed by atoms with Gasteiger partial charge in [0.15, 0.2) is 5.82 Å². The van der Waals surface area contributed by atoms with Crippen molar-refractivity contribution in [1.29, 1.82) is 0 Å². The van der Waals surface area contributed by atoms with Crippen molar-refractivity contribution in [1.82, 2.24) is 9.97 Å². The molecular formula is C12H10BrN3S. The van der Waals surface area contributed by atoms with E-state index in [0.717, 1.165) is 37.5 Å². The molecule has 0 aliphatic heterocycles. The smallest absolute Gasteiger partial charge is 0.150 e. The Morgan fingerprint density at radius 3 is 2.94 bits per heavy atom. The highest BCUT2D eigenvalue weighted by Crippen LogP contribution is 2.34. The summed E-state index contributed by atoms with van der Waals surface area (Å²) in [5, 5.41) is 2.05. The van der Waals surface area contributed by atoms with E-state index in [2.05, 4.69) is 25.9 Å². The fourth-order valence-electron chi connectivity index (χ4n) is 1.73. The van der Waals surface area contributed by atoms with Gasteiger partial charge < -0.3 is 10.7 Å². The second kappa shape index (κ2) is 3.85. The average Bonchev–Trinajstić information content (AvgIpc) is 2.83. The molecule has 0 atom stereocenters. The van der Waals surface area contributed by atoms with Gasteiger partial charge in [0.25, 0.3) is 0 Å². The molecule has 0 spiro atoms. The van der Waals surface area contributed by atoms with E-state index in [9.17, 15) is 0 Å². The van der Waals surface area contributed by atoms with Gasteiger partial charge in [-0.15, -0.1) is 11.3 Å². The van der Waals surface area contributed by atoms with Crippen molar-refractivity contribution >= 4 is 44.0 Å². The van der Waals surface area contributed by atoms with Crippen LogP contribution in [0.3, 0.4) is 0 Å². The number of H-pyrrole nitrogens is 1. The number of nitrogen functional groups attached to an aromatic ring is 1. The van der Waals surface area contributed by atoms with E-state index in [1.807, 2.05) is 30.5 Å². The Labute approximate surface area is 111 Å². The summed E-state index contributed by atoms with van der Waals surface area (Å²) in [6.07, 6.45) is 0. The monoisotopic (exact) mass is 307 g/mol. The number of nitrogens with one attached hydrogen (secondary N) is 1. The van der Waals surface area contributed by atoms with Crippen LogP contribution in [-0.4, -0.2) is 9.97 Å². The number of benzene rings is 1.